The molecule has 1 N–H and O–H groups in total. The summed E-state index contributed by atoms with van der Waals surface area (Å²) in [5.41, 5.74) is 0.130. The predicted octanol–water partition coefficient (Wildman–Crippen LogP) is 2.35. The van der Waals surface area contributed by atoms with Gasteiger partial charge in [0, 0.05) is 12.6 Å². The van der Waals surface area contributed by atoms with Crippen molar-refractivity contribution in [1.82, 2.24) is 5.32 Å². The minimum absolute atomic E-state index is 0.0710. The first-order valence-corrected chi connectivity index (χ1v) is 6.33. The Bertz CT molecular complexity index is 227. The summed E-state index contributed by atoms with van der Waals surface area (Å²) >= 11 is 0. The highest BCUT2D eigenvalue weighted by atomic mass is 16.5. The Morgan fingerprint density at radius 1 is 1.50 bits per heavy atom. The molecule has 0 aromatic carbocycles. The molecule has 3 nitrogen and oxygen atoms in total. The molecular formula is C13H25NO2. The number of carbonyl (C=O) groups excluding carboxylic acids is 1. The number of ether oxygens (including phenoxy) is 1. The van der Waals surface area contributed by atoms with E-state index in [1.807, 2.05) is 0 Å². The van der Waals surface area contributed by atoms with Gasteiger partial charge in [0.25, 0.3) is 0 Å². The highest BCUT2D eigenvalue weighted by molar-refractivity contribution is 5.79. The number of amides is 1. The van der Waals surface area contributed by atoms with Crippen LogP contribution in [-0.2, 0) is 9.53 Å². The van der Waals surface area contributed by atoms with Crippen molar-refractivity contribution in [2.45, 2.75) is 53.0 Å². The number of rotatable bonds is 4. The Morgan fingerprint density at radius 2 is 2.19 bits per heavy atom. The molecule has 0 spiro atoms. The van der Waals surface area contributed by atoms with Crippen molar-refractivity contribution in [3.05, 3.63) is 0 Å². The van der Waals surface area contributed by atoms with Crippen LogP contribution in [0.25, 0.3) is 0 Å². The summed E-state index contributed by atoms with van der Waals surface area (Å²) in [5.74, 6) is 0.243. The van der Waals surface area contributed by atoms with Gasteiger partial charge < -0.3 is 10.1 Å². The molecule has 0 radical (unpaired) electrons. The lowest BCUT2D eigenvalue weighted by atomic mass is 9.84. The van der Waals surface area contributed by atoms with Crippen molar-refractivity contribution < 1.29 is 9.53 Å². The predicted molar refractivity (Wildman–Crippen MR) is 65.2 cm³/mol. The molecule has 1 fully saturated rings. The van der Waals surface area contributed by atoms with Gasteiger partial charge in [-0.15, -0.1) is 0 Å². The third-order valence-corrected chi connectivity index (χ3v) is 3.24. The van der Waals surface area contributed by atoms with Crippen LogP contribution in [0, 0.1) is 11.3 Å². The maximum Gasteiger partial charge on any atom is 0.225 e. The maximum atomic E-state index is 12.0. The minimum Gasteiger partial charge on any atom is -0.381 e. The van der Waals surface area contributed by atoms with Crippen LogP contribution in [0.5, 0.6) is 0 Å². The van der Waals surface area contributed by atoms with Crippen LogP contribution < -0.4 is 5.32 Å². The smallest absolute Gasteiger partial charge is 0.225 e. The summed E-state index contributed by atoms with van der Waals surface area (Å²) in [7, 11) is 0. The van der Waals surface area contributed by atoms with Crippen LogP contribution in [0.15, 0.2) is 0 Å². The van der Waals surface area contributed by atoms with Gasteiger partial charge in [0.05, 0.1) is 12.5 Å². The van der Waals surface area contributed by atoms with Crippen molar-refractivity contribution in [2.24, 2.45) is 11.3 Å². The summed E-state index contributed by atoms with van der Waals surface area (Å²) in [6.45, 7) is 10.0. The molecule has 1 amide bonds. The molecular weight excluding hydrogens is 202 g/mol. The van der Waals surface area contributed by atoms with E-state index in [1.165, 1.54) is 0 Å². The number of hydrogen-bond acceptors (Lipinski definition) is 2. The van der Waals surface area contributed by atoms with Gasteiger partial charge in [-0.2, -0.15) is 0 Å². The average molecular weight is 227 g/mol. The second-order valence-corrected chi connectivity index (χ2v) is 5.78. The molecule has 1 aliphatic heterocycles. The lowest BCUT2D eigenvalue weighted by Gasteiger charge is -2.32. The van der Waals surface area contributed by atoms with Crippen molar-refractivity contribution in [3.63, 3.8) is 0 Å². The Balaban J connectivity index is 2.50. The average Bonchev–Trinajstić information content (AvgIpc) is 2.68. The van der Waals surface area contributed by atoms with Crippen molar-refractivity contribution in [1.29, 1.82) is 0 Å². The quantitative estimate of drug-likeness (QED) is 0.800. The Morgan fingerprint density at radius 3 is 2.62 bits per heavy atom. The van der Waals surface area contributed by atoms with Gasteiger partial charge in [-0.1, -0.05) is 34.1 Å². The fourth-order valence-corrected chi connectivity index (χ4v) is 2.04. The maximum absolute atomic E-state index is 12.0. The Hall–Kier alpha value is -0.570. The molecule has 3 heteroatoms. The molecule has 16 heavy (non-hydrogen) atoms. The van der Waals surface area contributed by atoms with E-state index in [9.17, 15) is 4.79 Å². The van der Waals surface area contributed by atoms with Crippen molar-refractivity contribution in [3.8, 4) is 0 Å². The second kappa shape index (κ2) is 5.67. The molecule has 1 saturated heterocycles. The van der Waals surface area contributed by atoms with Gasteiger partial charge in [0.2, 0.25) is 5.91 Å². The molecule has 2 atom stereocenters. The third kappa shape index (κ3) is 3.78. The van der Waals surface area contributed by atoms with E-state index < -0.39 is 0 Å². The van der Waals surface area contributed by atoms with E-state index in [-0.39, 0.29) is 23.3 Å². The molecule has 0 unspecified atom stereocenters. The standard InChI is InChI=1S/C13H25NO2/c1-5-6-11(13(2,3)4)14-12(15)10-7-8-16-9-10/h10-11H,5-9H2,1-4H3,(H,14,15)/t10-,11+/m0/s1. The highest BCUT2D eigenvalue weighted by Gasteiger charge is 2.29. The molecule has 94 valence electrons. The first kappa shape index (κ1) is 13.5. The minimum atomic E-state index is 0.0710. The van der Waals surface area contributed by atoms with Crippen LogP contribution in [0.1, 0.15) is 47.0 Å². The molecule has 0 aromatic rings. The Labute approximate surface area is 98.9 Å². The van der Waals surface area contributed by atoms with E-state index in [4.69, 9.17) is 4.74 Å². The van der Waals surface area contributed by atoms with E-state index in [0.29, 0.717) is 6.61 Å². The number of carbonyl (C=O) groups is 1. The van der Waals surface area contributed by atoms with E-state index in [1.54, 1.807) is 0 Å². The summed E-state index contributed by atoms with van der Waals surface area (Å²) in [6, 6.07) is 0.269. The summed E-state index contributed by atoms with van der Waals surface area (Å²) in [5, 5.41) is 3.18. The van der Waals surface area contributed by atoms with Gasteiger partial charge in [-0.25, -0.2) is 0 Å². The molecule has 1 rings (SSSR count). The van der Waals surface area contributed by atoms with Gasteiger partial charge in [0.1, 0.15) is 0 Å². The van der Waals surface area contributed by atoms with Crippen LogP contribution in [0.2, 0.25) is 0 Å². The molecule has 1 heterocycles. The van der Waals surface area contributed by atoms with Gasteiger partial charge in [0.15, 0.2) is 0 Å². The normalized spacial score (nSPS) is 23.1. The fraction of sp³-hybridized carbons (Fsp3) is 0.923. The lowest BCUT2D eigenvalue weighted by Crippen LogP contribution is -2.46. The van der Waals surface area contributed by atoms with Crippen molar-refractivity contribution >= 4 is 5.91 Å². The van der Waals surface area contributed by atoms with E-state index in [2.05, 4.69) is 33.0 Å². The monoisotopic (exact) mass is 227 g/mol. The summed E-state index contributed by atoms with van der Waals surface area (Å²) in [6.07, 6.45) is 3.01. The first-order chi connectivity index (χ1) is 7.45. The topological polar surface area (TPSA) is 38.3 Å². The SMILES string of the molecule is CCC[C@@H](NC(=O)[C@H]1CCOC1)C(C)(C)C. The second-order valence-electron chi connectivity index (χ2n) is 5.78. The van der Waals surface area contributed by atoms with Gasteiger partial charge in [-0.3, -0.25) is 4.79 Å². The Kier molecular flexibility index (Phi) is 4.78. The van der Waals surface area contributed by atoms with Crippen LogP contribution in [0.3, 0.4) is 0 Å². The third-order valence-electron chi connectivity index (χ3n) is 3.24. The van der Waals surface area contributed by atoms with E-state index >= 15 is 0 Å². The molecule has 1 aliphatic rings. The fourth-order valence-electron chi connectivity index (χ4n) is 2.04. The van der Waals surface area contributed by atoms with Gasteiger partial charge >= 0.3 is 0 Å². The number of hydrogen-bond donors (Lipinski definition) is 1. The first-order valence-electron chi connectivity index (χ1n) is 6.33. The summed E-state index contributed by atoms with van der Waals surface area (Å²) in [4.78, 5) is 12.0. The zero-order valence-electron chi connectivity index (χ0n) is 11.0. The lowest BCUT2D eigenvalue weighted by molar-refractivity contribution is -0.126. The molecule has 0 bridgehead atoms. The van der Waals surface area contributed by atoms with E-state index in [0.717, 1.165) is 25.9 Å². The zero-order chi connectivity index (χ0) is 12.2. The molecule has 0 saturated carbocycles. The largest absolute Gasteiger partial charge is 0.381 e. The molecule has 0 aliphatic carbocycles. The number of nitrogens with one attached hydrogen (secondary N) is 1. The van der Waals surface area contributed by atoms with Crippen LogP contribution in [0.4, 0.5) is 0 Å². The van der Waals surface area contributed by atoms with Crippen molar-refractivity contribution in [2.75, 3.05) is 13.2 Å². The van der Waals surface area contributed by atoms with Crippen LogP contribution in [-0.4, -0.2) is 25.2 Å². The molecule has 0 aromatic heterocycles. The zero-order valence-corrected chi connectivity index (χ0v) is 11.0. The van der Waals surface area contributed by atoms with Crippen LogP contribution >= 0.6 is 0 Å². The summed E-state index contributed by atoms with van der Waals surface area (Å²) < 4.78 is 5.24. The highest BCUT2D eigenvalue weighted by Crippen LogP contribution is 2.24. The van der Waals surface area contributed by atoms with Gasteiger partial charge in [-0.05, 0) is 18.3 Å².